The summed E-state index contributed by atoms with van der Waals surface area (Å²) < 4.78 is 10.4. The number of nitrogens with one attached hydrogen (secondary N) is 1. The summed E-state index contributed by atoms with van der Waals surface area (Å²) in [6.07, 6.45) is -0.626. The van der Waals surface area contributed by atoms with E-state index in [4.69, 9.17) is 20.9 Å². The Labute approximate surface area is 149 Å². The van der Waals surface area contributed by atoms with E-state index >= 15 is 0 Å². The fourth-order valence-electron chi connectivity index (χ4n) is 2.34. The van der Waals surface area contributed by atoms with Crippen LogP contribution in [0.5, 0.6) is 5.75 Å². The number of aromatic nitrogens is 1. The molecule has 3 aromatic rings. The molecule has 0 spiro atoms. The Morgan fingerprint density at radius 1 is 1.24 bits per heavy atom. The van der Waals surface area contributed by atoms with E-state index in [1.807, 2.05) is 0 Å². The highest BCUT2D eigenvalue weighted by Gasteiger charge is 2.19. The van der Waals surface area contributed by atoms with Crippen molar-refractivity contribution in [3.05, 3.63) is 41.4 Å². The van der Waals surface area contributed by atoms with Gasteiger partial charge in [0.05, 0.1) is 5.39 Å². The number of rotatable bonds is 2. The summed E-state index contributed by atoms with van der Waals surface area (Å²) in [6.45, 7) is 5.31. The van der Waals surface area contributed by atoms with Crippen LogP contribution in [-0.2, 0) is 4.74 Å². The first kappa shape index (κ1) is 17.1. The summed E-state index contributed by atoms with van der Waals surface area (Å²) in [5, 5.41) is 17.6. The van der Waals surface area contributed by atoms with Gasteiger partial charge in [0.15, 0.2) is 11.4 Å². The number of carbonyl (C=O) groups is 1. The number of nitrogens with zero attached hydrogens (tertiary/aromatic N) is 1. The van der Waals surface area contributed by atoms with Crippen molar-refractivity contribution in [1.29, 1.82) is 0 Å². The van der Waals surface area contributed by atoms with E-state index in [2.05, 4.69) is 10.5 Å². The Kier molecular flexibility index (Phi) is 4.30. The van der Waals surface area contributed by atoms with Crippen molar-refractivity contribution >= 4 is 34.5 Å². The summed E-state index contributed by atoms with van der Waals surface area (Å²) in [5.41, 5.74) is 1.15. The molecule has 0 saturated heterocycles. The maximum Gasteiger partial charge on any atom is 0.413 e. The lowest BCUT2D eigenvalue weighted by Crippen LogP contribution is -2.27. The standard InChI is InChI=1S/C18H17ClN2O4/c1-18(2,3)24-17(23)20-16-13-8-10(4-7-15(13)25-21-16)12-9-11(19)5-6-14(12)22/h4-9,22H,1-3H3,(H,20,21,23). The van der Waals surface area contributed by atoms with Crippen molar-refractivity contribution < 1.29 is 19.2 Å². The Hall–Kier alpha value is -2.73. The van der Waals surface area contributed by atoms with E-state index < -0.39 is 11.7 Å². The number of fused-ring (bicyclic) bond motifs is 1. The predicted octanol–water partition coefficient (Wildman–Crippen LogP) is 5.20. The van der Waals surface area contributed by atoms with Crippen LogP contribution in [0.1, 0.15) is 20.8 Å². The Bertz CT molecular complexity index is 944. The predicted molar refractivity (Wildman–Crippen MR) is 96.0 cm³/mol. The summed E-state index contributed by atoms with van der Waals surface area (Å²) >= 11 is 6.01. The third-order valence-corrected chi connectivity index (χ3v) is 3.59. The molecule has 1 amide bonds. The van der Waals surface area contributed by atoms with Crippen LogP contribution in [0.3, 0.4) is 0 Å². The number of hydrogen-bond acceptors (Lipinski definition) is 5. The molecule has 2 aromatic carbocycles. The summed E-state index contributed by atoms with van der Waals surface area (Å²) in [6, 6.07) is 10.0. The zero-order valence-corrected chi connectivity index (χ0v) is 14.7. The van der Waals surface area contributed by atoms with Gasteiger partial charge >= 0.3 is 6.09 Å². The van der Waals surface area contributed by atoms with Gasteiger partial charge in [0.2, 0.25) is 0 Å². The van der Waals surface area contributed by atoms with Crippen LogP contribution in [0.2, 0.25) is 5.02 Å². The minimum atomic E-state index is -0.626. The van der Waals surface area contributed by atoms with Crippen molar-refractivity contribution in [2.75, 3.05) is 5.32 Å². The minimum absolute atomic E-state index is 0.0989. The second-order valence-electron chi connectivity index (χ2n) is 6.53. The van der Waals surface area contributed by atoms with Crippen molar-refractivity contribution in [3.63, 3.8) is 0 Å². The van der Waals surface area contributed by atoms with Crippen LogP contribution in [0, 0.1) is 0 Å². The number of ether oxygens (including phenoxy) is 1. The zero-order chi connectivity index (χ0) is 18.2. The fourth-order valence-corrected chi connectivity index (χ4v) is 2.51. The van der Waals surface area contributed by atoms with Gasteiger partial charge in [-0.1, -0.05) is 22.8 Å². The molecule has 0 fully saturated rings. The molecule has 3 rings (SSSR count). The third-order valence-electron chi connectivity index (χ3n) is 3.36. The molecule has 0 atom stereocenters. The van der Waals surface area contributed by atoms with Gasteiger partial charge in [0.1, 0.15) is 11.4 Å². The van der Waals surface area contributed by atoms with E-state index in [-0.39, 0.29) is 11.6 Å². The largest absolute Gasteiger partial charge is 0.507 e. The molecule has 6 nitrogen and oxygen atoms in total. The lowest BCUT2D eigenvalue weighted by molar-refractivity contribution is 0.0635. The highest BCUT2D eigenvalue weighted by molar-refractivity contribution is 6.31. The summed E-state index contributed by atoms with van der Waals surface area (Å²) in [4.78, 5) is 12.0. The number of halogens is 1. The highest BCUT2D eigenvalue weighted by Crippen LogP contribution is 2.35. The molecule has 130 valence electrons. The van der Waals surface area contributed by atoms with Gasteiger partial charge in [-0.3, -0.25) is 5.32 Å². The van der Waals surface area contributed by atoms with Crippen LogP contribution in [-0.4, -0.2) is 22.0 Å². The van der Waals surface area contributed by atoms with Crippen molar-refractivity contribution in [1.82, 2.24) is 5.16 Å². The second-order valence-corrected chi connectivity index (χ2v) is 6.97. The van der Waals surface area contributed by atoms with Gasteiger partial charge in [-0.15, -0.1) is 0 Å². The number of carbonyl (C=O) groups excluding carboxylic acids is 1. The normalized spacial score (nSPS) is 11.5. The molecule has 0 aliphatic heterocycles. The SMILES string of the molecule is CC(C)(C)OC(=O)Nc1noc2ccc(-c3cc(Cl)ccc3O)cc12. The maximum atomic E-state index is 12.0. The number of anilines is 1. The van der Waals surface area contributed by atoms with Gasteiger partial charge in [0.25, 0.3) is 0 Å². The van der Waals surface area contributed by atoms with Crippen LogP contribution in [0.25, 0.3) is 22.1 Å². The van der Waals surface area contributed by atoms with Crippen LogP contribution >= 0.6 is 11.6 Å². The molecule has 0 aliphatic rings. The summed E-state index contributed by atoms with van der Waals surface area (Å²) in [5.74, 6) is 0.342. The molecule has 25 heavy (non-hydrogen) atoms. The topological polar surface area (TPSA) is 84.6 Å². The first-order valence-corrected chi connectivity index (χ1v) is 7.99. The zero-order valence-electron chi connectivity index (χ0n) is 14.0. The molecular weight excluding hydrogens is 344 g/mol. The first-order valence-electron chi connectivity index (χ1n) is 7.61. The van der Waals surface area contributed by atoms with Crippen LogP contribution < -0.4 is 5.32 Å². The summed E-state index contributed by atoms with van der Waals surface area (Å²) in [7, 11) is 0. The van der Waals surface area contributed by atoms with Gasteiger partial charge < -0.3 is 14.4 Å². The van der Waals surface area contributed by atoms with Crippen molar-refractivity contribution in [2.24, 2.45) is 0 Å². The number of aromatic hydroxyl groups is 1. The molecule has 0 bridgehead atoms. The third kappa shape index (κ3) is 3.85. The average Bonchev–Trinajstić information content (AvgIpc) is 2.90. The maximum absolute atomic E-state index is 12.0. The van der Waals surface area contributed by atoms with Crippen LogP contribution in [0.15, 0.2) is 40.9 Å². The lowest BCUT2D eigenvalue weighted by Gasteiger charge is -2.19. The number of phenolic OH excluding ortho intramolecular Hbond substituents is 1. The fraction of sp³-hybridized carbons (Fsp3) is 0.222. The lowest BCUT2D eigenvalue weighted by atomic mass is 10.0. The van der Waals surface area contributed by atoms with Crippen molar-refractivity contribution in [2.45, 2.75) is 26.4 Å². The van der Waals surface area contributed by atoms with E-state index in [0.717, 1.165) is 0 Å². The molecule has 1 heterocycles. The monoisotopic (exact) mass is 360 g/mol. The molecule has 2 N–H and O–H groups in total. The van der Waals surface area contributed by atoms with Gasteiger partial charge in [-0.2, -0.15) is 0 Å². The number of hydrogen-bond donors (Lipinski definition) is 2. The molecule has 7 heteroatoms. The Morgan fingerprint density at radius 3 is 2.72 bits per heavy atom. The highest BCUT2D eigenvalue weighted by atomic mass is 35.5. The molecular formula is C18H17ClN2O4. The minimum Gasteiger partial charge on any atom is -0.507 e. The average molecular weight is 361 g/mol. The van der Waals surface area contributed by atoms with Gasteiger partial charge in [0, 0.05) is 10.6 Å². The van der Waals surface area contributed by atoms with Gasteiger partial charge in [-0.05, 0) is 56.7 Å². The van der Waals surface area contributed by atoms with Crippen molar-refractivity contribution in [3.8, 4) is 16.9 Å². The molecule has 0 radical (unpaired) electrons. The number of benzene rings is 2. The molecule has 0 aliphatic carbocycles. The quantitative estimate of drug-likeness (QED) is 0.656. The number of phenols is 1. The molecule has 0 saturated carbocycles. The second kappa shape index (κ2) is 6.29. The van der Waals surface area contributed by atoms with Crippen LogP contribution in [0.4, 0.5) is 10.6 Å². The smallest absolute Gasteiger partial charge is 0.413 e. The Balaban J connectivity index is 1.97. The van der Waals surface area contributed by atoms with E-state index in [1.165, 1.54) is 6.07 Å². The first-order chi connectivity index (χ1) is 11.7. The van der Waals surface area contributed by atoms with Gasteiger partial charge in [-0.25, -0.2) is 4.79 Å². The van der Waals surface area contributed by atoms with E-state index in [9.17, 15) is 9.90 Å². The number of amides is 1. The molecule has 0 unspecified atom stereocenters. The van der Waals surface area contributed by atoms with E-state index in [1.54, 1.807) is 51.1 Å². The molecule has 1 aromatic heterocycles. The van der Waals surface area contributed by atoms with E-state index in [0.29, 0.717) is 27.1 Å². The Morgan fingerprint density at radius 2 is 2.00 bits per heavy atom.